The molecule has 0 aromatic carbocycles. The average Bonchev–Trinajstić information content (AvgIpc) is 2.82. The number of primary amides is 1. The lowest BCUT2D eigenvalue weighted by Gasteiger charge is -2.49. The average molecular weight is 321 g/mol. The van der Waals surface area contributed by atoms with Gasteiger partial charge in [-0.05, 0) is 12.1 Å². The number of carbonyl (C=O) groups is 2. The third-order valence-corrected chi connectivity index (χ3v) is 3.41. The molecular weight excluding hydrogens is 307 g/mol. The minimum atomic E-state index is -4.55. The number of furan rings is 1. The van der Waals surface area contributed by atoms with E-state index in [1.807, 2.05) is 0 Å². The summed E-state index contributed by atoms with van der Waals surface area (Å²) in [5, 5.41) is 2.38. The summed E-state index contributed by atoms with van der Waals surface area (Å²) >= 11 is 0. The highest BCUT2D eigenvalue weighted by Crippen LogP contribution is 2.40. The van der Waals surface area contributed by atoms with Crippen LogP contribution >= 0.6 is 0 Å². The summed E-state index contributed by atoms with van der Waals surface area (Å²) in [6.07, 6.45) is -4.55. The number of likely N-dealkylation sites (tertiary alicyclic amines) is 1. The number of hydrogen-bond acceptors (Lipinski definition) is 4. The molecule has 7 nitrogen and oxygen atoms in total. The van der Waals surface area contributed by atoms with E-state index in [1.165, 1.54) is 12.1 Å². The van der Waals surface area contributed by atoms with Crippen LogP contribution in [0, 0.1) is 0 Å². The lowest BCUT2D eigenvalue weighted by atomic mass is 9.93. The van der Waals surface area contributed by atoms with Gasteiger partial charge in [0.15, 0.2) is 11.4 Å². The van der Waals surface area contributed by atoms with Crippen molar-refractivity contribution in [3.63, 3.8) is 0 Å². The van der Waals surface area contributed by atoms with Gasteiger partial charge >= 0.3 is 12.2 Å². The number of alkyl halides is 3. The lowest BCUT2D eigenvalue weighted by Crippen LogP contribution is -2.72. The maximum atomic E-state index is 12.8. The largest absolute Gasteiger partial charge is 0.454 e. The molecule has 3 amide bonds. The molecule has 1 aromatic heterocycles. The zero-order valence-electron chi connectivity index (χ0n) is 11.6. The van der Waals surface area contributed by atoms with Crippen molar-refractivity contribution in [1.82, 2.24) is 10.2 Å². The van der Waals surface area contributed by atoms with Crippen LogP contribution in [0.3, 0.4) is 0 Å². The Labute approximate surface area is 123 Å². The Hall–Kier alpha value is -2.23. The van der Waals surface area contributed by atoms with Crippen molar-refractivity contribution in [1.29, 1.82) is 0 Å². The highest BCUT2D eigenvalue weighted by molar-refractivity contribution is 5.89. The van der Waals surface area contributed by atoms with E-state index >= 15 is 0 Å². The first-order valence-corrected chi connectivity index (χ1v) is 6.22. The van der Waals surface area contributed by atoms with Crippen LogP contribution in [0.4, 0.5) is 18.0 Å². The van der Waals surface area contributed by atoms with Crippen LogP contribution < -0.4 is 11.1 Å². The monoisotopic (exact) mass is 321 g/mol. The van der Waals surface area contributed by atoms with E-state index in [9.17, 15) is 22.8 Å². The molecule has 1 aromatic rings. The SMILES string of the molecule is COC1(C(F)(F)F)CN(C(=O)NCc2ccc(C(N)=O)o2)C1. The van der Waals surface area contributed by atoms with E-state index in [0.29, 0.717) is 0 Å². The molecule has 1 aliphatic heterocycles. The fourth-order valence-corrected chi connectivity index (χ4v) is 2.02. The fraction of sp³-hybridized carbons (Fsp3) is 0.500. The molecule has 1 fully saturated rings. The highest BCUT2D eigenvalue weighted by atomic mass is 19.4. The second-order valence-electron chi connectivity index (χ2n) is 4.84. The number of urea groups is 1. The first kappa shape index (κ1) is 16.1. The number of nitrogens with one attached hydrogen (secondary N) is 1. The van der Waals surface area contributed by atoms with Gasteiger partial charge in [0.1, 0.15) is 5.76 Å². The van der Waals surface area contributed by atoms with Crippen molar-refractivity contribution >= 4 is 11.9 Å². The van der Waals surface area contributed by atoms with Crippen LogP contribution in [0.15, 0.2) is 16.5 Å². The predicted octanol–water partition coefficient (Wildman–Crippen LogP) is 0.851. The maximum absolute atomic E-state index is 12.8. The summed E-state index contributed by atoms with van der Waals surface area (Å²) in [7, 11) is 0.955. The minimum absolute atomic E-state index is 0.0660. The molecular formula is C12H14F3N3O4. The van der Waals surface area contributed by atoms with Gasteiger partial charge in [-0.15, -0.1) is 0 Å². The fourth-order valence-electron chi connectivity index (χ4n) is 2.02. The molecule has 0 saturated carbocycles. The maximum Gasteiger partial charge on any atom is 0.420 e. The minimum Gasteiger partial charge on any atom is -0.454 e. The number of amides is 3. The Balaban J connectivity index is 1.86. The zero-order chi connectivity index (χ0) is 16.5. The Kier molecular flexibility index (Phi) is 4.05. The molecule has 0 radical (unpaired) electrons. The van der Waals surface area contributed by atoms with E-state index in [2.05, 4.69) is 10.1 Å². The smallest absolute Gasteiger partial charge is 0.420 e. The Morgan fingerprint density at radius 3 is 2.55 bits per heavy atom. The van der Waals surface area contributed by atoms with E-state index in [0.717, 1.165) is 12.0 Å². The number of hydrogen-bond donors (Lipinski definition) is 2. The van der Waals surface area contributed by atoms with Crippen molar-refractivity contribution in [3.05, 3.63) is 23.7 Å². The van der Waals surface area contributed by atoms with E-state index in [4.69, 9.17) is 10.2 Å². The second-order valence-corrected chi connectivity index (χ2v) is 4.84. The Morgan fingerprint density at radius 1 is 1.45 bits per heavy atom. The van der Waals surface area contributed by atoms with Gasteiger partial charge in [0.05, 0.1) is 19.6 Å². The quantitative estimate of drug-likeness (QED) is 0.859. The summed E-state index contributed by atoms with van der Waals surface area (Å²) < 4.78 is 47.9. The molecule has 10 heteroatoms. The normalized spacial score (nSPS) is 17.0. The molecule has 22 heavy (non-hydrogen) atoms. The summed E-state index contributed by atoms with van der Waals surface area (Å²) in [6, 6.07) is 2.09. The lowest BCUT2D eigenvalue weighted by molar-refractivity contribution is -0.303. The van der Waals surface area contributed by atoms with Gasteiger partial charge in [0.25, 0.3) is 5.91 Å². The molecule has 0 unspecified atom stereocenters. The van der Waals surface area contributed by atoms with Crippen LogP contribution in [0.25, 0.3) is 0 Å². The first-order chi connectivity index (χ1) is 10.2. The van der Waals surface area contributed by atoms with Gasteiger partial charge in [-0.3, -0.25) is 4.79 Å². The van der Waals surface area contributed by atoms with Crippen molar-refractivity contribution in [3.8, 4) is 0 Å². The Bertz CT molecular complexity index is 578. The molecule has 0 aliphatic carbocycles. The van der Waals surface area contributed by atoms with Crippen molar-refractivity contribution < 1.29 is 31.9 Å². The summed E-state index contributed by atoms with van der Waals surface area (Å²) in [4.78, 5) is 23.5. The van der Waals surface area contributed by atoms with Crippen LogP contribution in [-0.2, 0) is 11.3 Å². The summed E-state index contributed by atoms with van der Waals surface area (Å²) in [5.41, 5.74) is 2.69. The first-order valence-electron chi connectivity index (χ1n) is 6.22. The zero-order valence-corrected chi connectivity index (χ0v) is 11.6. The predicted molar refractivity (Wildman–Crippen MR) is 66.8 cm³/mol. The van der Waals surface area contributed by atoms with Crippen molar-refractivity contribution in [2.75, 3.05) is 20.2 Å². The van der Waals surface area contributed by atoms with Crippen LogP contribution in [0.2, 0.25) is 0 Å². The third-order valence-electron chi connectivity index (χ3n) is 3.41. The number of ether oxygens (including phenoxy) is 1. The van der Waals surface area contributed by atoms with Crippen LogP contribution in [-0.4, -0.2) is 48.8 Å². The van der Waals surface area contributed by atoms with Crippen LogP contribution in [0.5, 0.6) is 0 Å². The van der Waals surface area contributed by atoms with Crippen molar-refractivity contribution in [2.24, 2.45) is 5.73 Å². The second kappa shape index (κ2) is 5.52. The number of carbonyl (C=O) groups excluding carboxylic acids is 2. The number of halogens is 3. The molecule has 0 atom stereocenters. The van der Waals surface area contributed by atoms with Crippen LogP contribution in [0.1, 0.15) is 16.3 Å². The standard InChI is InChI=1S/C12H14F3N3O4/c1-21-11(12(13,14)15)5-18(6-11)10(20)17-4-7-2-3-8(22-7)9(16)19/h2-3H,4-6H2,1H3,(H2,16,19)(H,17,20). The molecule has 2 heterocycles. The molecule has 0 bridgehead atoms. The number of methoxy groups -OCH3 is 1. The highest BCUT2D eigenvalue weighted by Gasteiger charge is 2.63. The summed E-state index contributed by atoms with van der Waals surface area (Å²) in [5.74, 6) is -0.560. The van der Waals surface area contributed by atoms with Gasteiger partial charge in [-0.1, -0.05) is 0 Å². The van der Waals surface area contributed by atoms with E-state index in [-0.39, 0.29) is 18.1 Å². The molecule has 1 aliphatic rings. The molecule has 122 valence electrons. The number of nitrogens with two attached hydrogens (primary N) is 1. The molecule has 0 spiro atoms. The molecule has 3 N–H and O–H groups in total. The molecule has 2 rings (SSSR count). The van der Waals surface area contributed by atoms with Gasteiger partial charge in [0.2, 0.25) is 0 Å². The van der Waals surface area contributed by atoms with E-state index < -0.39 is 36.8 Å². The van der Waals surface area contributed by atoms with Gasteiger partial charge < -0.3 is 25.1 Å². The number of nitrogens with zero attached hydrogens (tertiary/aromatic N) is 1. The van der Waals surface area contributed by atoms with Gasteiger partial charge in [-0.2, -0.15) is 13.2 Å². The number of rotatable bonds is 4. The topological polar surface area (TPSA) is 97.8 Å². The van der Waals surface area contributed by atoms with E-state index in [1.54, 1.807) is 0 Å². The summed E-state index contributed by atoms with van der Waals surface area (Å²) in [6.45, 7) is -1.23. The van der Waals surface area contributed by atoms with Gasteiger partial charge in [-0.25, -0.2) is 4.79 Å². The van der Waals surface area contributed by atoms with Gasteiger partial charge in [0, 0.05) is 7.11 Å². The molecule has 1 saturated heterocycles. The van der Waals surface area contributed by atoms with Crippen molar-refractivity contribution in [2.45, 2.75) is 18.3 Å². The Morgan fingerprint density at radius 2 is 2.09 bits per heavy atom. The third kappa shape index (κ3) is 2.86.